The molecule has 0 aliphatic carbocycles. The molecule has 2 aromatic heterocycles. The summed E-state index contributed by atoms with van der Waals surface area (Å²) in [7, 11) is 1.84. The number of likely N-dealkylation sites (tertiary alicyclic amines) is 1. The number of nitriles is 1. The van der Waals surface area contributed by atoms with E-state index in [0.29, 0.717) is 29.9 Å². The minimum Gasteiger partial charge on any atom is -0.354 e. The third-order valence-electron chi connectivity index (χ3n) is 6.28. The van der Waals surface area contributed by atoms with Crippen LogP contribution in [0, 0.1) is 22.2 Å². The molecular formula is C19H23ClN8O. The first kappa shape index (κ1) is 19.6. The van der Waals surface area contributed by atoms with Gasteiger partial charge in [0.2, 0.25) is 5.95 Å². The van der Waals surface area contributed by atoms with E-state index in [1.807, 2.05) is 18.1 Å². The zero-order valence-electron chi connectivity index (χ0n) is 16.6. The number of aldehydes is 1. The molecule has 0 aromatic carbocycles. The van der Waals surface area contributed by atoms with Crippen LogP contribution in [0.25, 0.3) is 0 Å². The molecule has 0 saturated carbocycles. The van der Waals surface area contributed by atoms with E-state index >= 15 is 0 Å². The van der Waals surface area contributed by atoms with Gasteiger partial charge in [-0.2, -0.15) is 15.3 Å². The second-order valence-corrected chi connectivity index (χ2v) is 8.89. The number of carbonyl (C=O) groups excluding carboxylic acids is 1. The predicted octanol–water partition coefficient (Wildman–Crippen LogP) is 1.85. The monoisotopic (exact) mass is 414 g/mol. The maximum Gasteiger partial charge on any atom is 0.229 e. The van der Waals surface area contributed by atoms with Gasteiger partial charge < -0.3 is 15.0 Å². The summed E-state index contributed by atoms with van der Waals surface area (Å²) in [6.45, 7) is 7.24. The summed E-state index contributed by atoms with van der Waals surface area (Å²) < 4.78 is 1.70. The van der Waals surface area contributed by atoms with Crippen LogP contribution in [0.2, 0.25) is 5.02 Å². The Morgan fingerprint density at radius 2 is 1.97 bits per heavy atom. The van der Waals surface area contributed by atoms with Crippen LogP contribution < -0.4 is 10.2 Å². The molecule has 2 aliphatic rings. The van der Waals surface area contributed by atoms with Gasteiger partial charge in [0.1, 0.15) is 5.02 Å². The van der Waals surface area contributed by atoms with Crippen LogP contribution in [0.15, 0.2) is 18.6 Å². The second-order valence-electron chi connectivity index (χ2n) is 8.49. The average Bonchev–Trinajstić information content (AvgIpc) is 3.25. The van der Waals surface area contributed by atoms with Crippen molar-refractivity contribution in [2.75, 3.05) is 36.4 Å². The molecule has 4 rings (SSSR count). The molecule has 4 heterocycles. The molecule has 3 atom stereocenters. The fourth-order valence-corrected chi connectivity index (χ4v) is 4.72. The van der Waals surface area contributed by atoms with Crippen molar-refractivity contribution in [3.8, 4) is 6.07 Å². The quantitative estimate of drug-likeness (QED) is 0.739. The van der Waals surface area contributed by atoms with Crippen molar-refractivity contribution in [2.45, 2.75) is 19.9 Å². The Morgan fingerprint density at radius 3 is 2.52 bits per heavy atom. The number of hydrogen-bond donors (Lipinski definition) is 1. The Morgan fingerprint density at radius 1 is 1.28 bits per heavy atom. The number of rotatable bonds is 5. The van der Waals surface area contributed by atoms with Gasteiger partial charge in [0, 0.05) is 50.3 Å². The van der Waals surface area contributed by atoms with Crippen LogP contribution in [-0.4, -0.2) is 63.2 Å². The average molecular weight is 415 g/mol. The van der Waals surface area contributed by atoms with E-state index in [0.717, 1.165) is 25.1 Å². The lowest BCUT2D eigenvalue weighted by Crippen LogP contribution is -2.38. The van der Waals surface area contributed by atoms with Gasteiger partial charge in [-0.15, -0.1) is 0 Å². The summed E-state index contributed by atoms with van der Waals surface area (Å²) in [5.41, 5.74) is 0.622. The molecule has 29 heavy (non-hydrogen) atoms. The molecule has 152 valence electrons. The highest BCUT2D eigenvalue weighted by Crippen LogP contribution is 2.53. The standard InChI is InChI=1S/C19H23ClN8O/c1-18-9-27(14(4-21)8-29)10-19(18,2)12-28(11-18)16-15(20)6-22-17(25-16)24-13-5-23-26(3)7-13/h5-8,14H,9-12H2,1-3H3,(H,22,24,25)/t14?,18-,19+. The first-order valence-corrected chi connectivity index (χ1v) is 9.77. The summed E-state index contributed by atoms with van der Waals surface area (Å²) >= 11 is 6.44. The molecule has 1 N–H and O–H groups in total. The maximum atomic E-state index is 11.2. The predicted molar refractivity (Wildman–Crippen MR) is 109 cm³/mol. The molecule has 9 nitrogen and oxygen atoms in total. The zero-order valence-corrected chi connectivity index (χ0v) is 17.4. The van der Waals surface area contributed by atoms with Crippen molar-refractivity contribution < 1.29 is 4.79 Å². The minimum atomic E-state index is -0.694. The molecule has 0 radical (unpaired) electrons. The van der Waals surface area contributed by atoms with Crippen LogP contribution in [0.3, 0.4) is 0 Å². The van der Waals surface area contributed by atoms with E-state index in [1.165, 1.54) is 0 Å². The van der Waals surface area contributed by atoms with Gasteiger partial charge in [0.15, 0.2) is 18.1 Å². The number of aryl methyl sites for hydroxylation is 1. The van der Waals surface area contributed by atoms with E-state index in [4.69, 9.17) is 11.6 Å². The molecule has 0 amide bonds. The molecule has 2 fully saturated rings. The number of fused-ring (bicyclic) bond motifs is 1. The van der Waals surface area contributed by atoms with E-state index in [2.05, 4.69) is 45.2 Å². The third-order valence-corrected chi connectivity index (χ3v) is 6.55. The molecule has 1 unspecified atom stereocenters. The van der Waals surface area contributed by atoms with Gasteiger partial charge in [-0.05, 0) is 0 Å². The number of nitrogens with one attached hydrogen (secondary N) is 1. The first-order valence-electron chi connectivity index (χ1n) is 9.39. The van der Waals surface area contributed by atoms with Crippen molar-refractivity contribution in [1.82, 2.24) is 24.6 Å². The molecular weight excluding hydrogens is 392 g/mol. The van der Waals surface area contributed by atoms with Crippen molar-refractivity contribution in [2.24, 2.45) is 17.9 Å². The Labute approximate surface area is 174 Å². The minimum absolute atomic E-state index is 0.0870. The smallest absolute Gasteiger partial charge is 0.229 e. The van der Waals surface area contributed by atoms with Gasteiger partial charge in [-0.1, -0.05) is 25.4 Å². The van der Waals surface area contributed by atoms with Crippen LogP contribution in [0.4, 0.5) is 17.5 Å². The van der Waals surface area contributed by atoms with Crippen LogP contribution in [0.1, 0.15) is 13.8 Å². The summed E-state index contributed by atoms with van der Waals surface area (Å²) in [4.78, 5) is 24.3. The fraction of sp³-hybridized carbons (Fsp3) is 0.526. The van der Waals surface area contributed by atoms with E-state index in [1.54, 1.807) is 17.1 Å². The third kappa shape index (κ3) is 3.32. The van der Waals surface area contributed by atoms with E-state index in [-0.39, 0.29) is 10.8 Å². The highest BCUT2D eigenvalue weighted by Gasteiger charge is 2.58. The largest absolute Gasteiger partial charge is 0.354 e. The van der Waals surface area contributed by atoms with Gasteiger partial charge in [-0.3, -0.25) is 9.58 Å². The fourth-order valence-electron chi connectivity index (χ4n) is 4.51. The number of carbonyl (C=O) groups is 1. The maximum absolute atomic E-state index is 11.2. The van der Waals surface area contributed by atoms with E-state index in [9.17, 15) is 10.1 Å². The summed E-state index contributed by atoms with van der Waals surface area (Å²) in [6, 6.07) is 1.40. The second kappa shape index (κ2) is 6.97. The highest BCUT2D eigenvalue weighted by atomic mass is 35.5. The van der Waals surface area contributed by atoms with Crippen LogP contribution in [-0.2, 0) is 11.8 Å². The summed E-state index contributed by atoms with van der Waals surface area (Å²) in [5, 5.41) is 17.0. The number of hydrogen-bond acceptors (Lipinski definition) is 8. The Hall–Kier alpha value is -2.70. The Bertz CT molecular complexity index is 967. The van der Waals surface area contributed by atoms with Crippen molar-refractivity contribution in [1.29, 1.82) is 5.26 Å². The molecule has 2 aliphatic heterocycles. The molecule has 10 heteroatoms. The normalized spacial score (nSPS) is 27.5. The lowest BCUT2D eigenvalue weighted by molar-refractivity contribution is -0.110. The first-order chi connectivity index (χ1) is 13.8. The number of anilines is 3. The zero-order chi connectivity index (χ0) is 20.8. The number of halogens is 1. The lowest BCUT2D eigenvalue weighted by Gasteiger charge is -2.30. The highest BCUT2D eigenvalue weighted by molar-refractivity contribution is 6.32. The van der Waals surface area contributed by atoms with Crippen molar-refractivity contribution >= 4 is 35.3 Å². The molecule has 0 bridgehead atoms. The van der Waals surface area contributed by atoms with Gasteiger partial charge in [0.05, 0.1) is 24.2 Å². The molecule has 2 aromatic rings. The topological polar surface area (TPSA) is 103 Å². The SMILES string of the molecule is Cn1cc(Nc2ncc(Cl)c(N3C[C@@]4(C)CN(C(C#N)C=O)C[C@@]4(C)C3)n2)cn1. The van der Waals surface area contributed by atoms with Crippen LogP contribution in [0.5, 0.6) is 0 Å². The number of aromatic nitrogens is 4. The van der Waals surface area contributed by atoms with Crippen LogP contribution >= 0.6 is 11.6 Å². The Balaban J connectivity index is 1.56. The lowest BCUT2D eigenvalue weighted by atomic mass is 9.71. The summed E-state index contributed by atoms with van der Waals surface area (Å²) in [5.74, 6) is 1.14. The van der Waals surface area contributed by atoms with Gasteiger partial charge in [-0.25, -0.2) is 4.98 Å². The Kier molecular flexibility index (Phi) is 4.71. The van der Waals surface area contributed by atoms with Gasteiger partial charge >= 0.3 is 0 Å². The van der Waals surface area contributed by atoms with Gasteiger partial charge in [0.25, 0.3) is 0 Å². The van der Waals surface area contributed by atoms with E-state index < -0.39 is 6.04 Å². The van der Waals surface area contributed by atoms with Crippen molar-refractivity contribution in [3.63, 3.8) is 0 Å². The van der Waals surface area contributed by atoms with Crippen molar-refractivity contribution in [3.05, 3.63) is 23.6 Å². The molecule has 2 saturated heterocycles. The molecule has 0 spiro atoms. The number of nitrogens with zero attached hydrogens (tertiary/aromatic N) is 7. The summed E-state index contributed by atoms with van der Waals surface area (Å²) in [6.07, 6.45) is 5.87.